The normalized spacial score (nSPS) is 16.9. The van der Waals surface area contributed by atoms with Gasteiger partial charge in [0, 0.05) is 18.8 Å². The van der Waals surface area contributed by atoms with Crippen LogP contribution in [0.25, 0.3) is 11.0 Å². The fraction of sp³-hybridized carbons (Fsp3) is 0.476. The lowest BCUT2D eigenvalue weighted by Crippen LogP contribution is -2.30. The van der Waals surface area contributed by atoms with E-state index in [0.29, 0.717) is 36.0 Å². The number of ether oxygens (including phenoxy) is 1. The van der Waals surface area contributed by atoms with Crippen LogP contribution in [0.4, 0.5) is 11.5 Å². The summed E-state index contributed by atoms with van der Waals surface area (Å²) in [5.74, 6) is 0.380. The van der Waals surface area contributed by atoms with E-state index in [4.69, 9.17) is 27.9 Å². The van der Waals surface area contributed by atoms with Crippen LogP contribution in [0.3, 0.4) is 0 Å². The summed E-state index contributed by atoms with van der Waals surface area (Å²) in [6.45, 7) is 5.09. The van der Waals surface area contributed by atoms with Crippen LogP contribution in [-0.4, -0.2) is 42.5 Å². The highest BCUT2D eigenvalue weighted by Crippen LogP contribution is 2.27. The number of imidazole rings is 1. The van der Waals surface area contributed by atoms with Gasteiger partial charge in [-0.2, -0.15) is 4.98 Å². The number of nitrogens with zero attached hydrogens (tertiary/aromatic N) is 4. The van der Waals surface area contributed by atoms with E-state index in [0.717, 1.165) is 30.5 Å². The van der Waals surface area contributed by atoms with Crippen molar-refractivity contribution in [2.45, 2.75) is 57.9 Å². The van der Waals surface area contributed by atoms with Crippen LogP contribution in [0, 0.1) is 0 Å². The molecule has 3 heterocycles. The van der Waals surface area contributed by atoms with Gasteiger partial charge in [0.15, 0.2) is 5.82 Å². The van der Waals surface area contributed by atoms with Crippen molar-refractivity contribution in [3.8, 4) is 0 Å². The molecular formula is C21H25Cl2N5O3. The summed E-state index contributed by atoms with van der Waals surface area (Å²) in [5.41, 5.74) is 1.27. The van der Waals surface area contributed by atoms with Gasteiger partial charge in [0.25, 0.3) is 0 Å². The first kappa shape index (κ1) is 22.1. The van der Waals surface area contributed by atoms with Gasteiger partial charge in [-0.25, -0.2) is 9.78 Å². The minimum atomic E-state index is -0.885. The number of aliphatic hydroxyl groups is 1. The minimum absolute atomic E-state index is 0.0331. The number of nitrogens with one attached hydrogen (secondary N) is 1. The van der Waals surface area contributed by atoms with Gasteiger partial charge in [0.1, 0.15) is 5.02 Å². The average Bonchev–Trinajstić information content (AvgIpc) is 3.30. The molecule has 3 aromatic rings. The largest absolute Gasteiger partial charge is 0.390 e. The van der Waals surface area contributed by atoms with E-state index in [9.17, 15) is 9.90 Å². The fourth-order valence-corrected chi connectivity index (χ4v) is 4.01. The Balaban J connectivity index is 1.74. The number of halogens is 2. The fourth-order valence-electron chi connectivity index (χ4n) is 3.74. The zero-order valence-corrected chi connectivity index (χ0v) is 18.9. The maximum Gasteiger partial charge on any atom is 0.329 e. The number of hydrogen-bond donors (Lipinski definition) is 2. The molecular weight excluding hydrogens is 441 g/mol. The second kappa shape index (κ2) is 8.78. The molecule has 1 aliphatic rings. The monoisotopic (exact) mass is 465 g/mol. The first-order valence-electron chi connectivity index (χ1n) is 10.2. The van der Waals surface area contributed by atoms with Gasteiger partial charge in [-0.1, -0.05) is 11.6 Å². The van der Waals surface area contributed by atoms with Crippen molar-refractivity contribution in [3.05, 3.63) is 45.2 Å². The van der Waals surface area contributed by atoms with E-state index in [1.165, 1.54) is 6.20 Å². The molecule has 1 saturated heterocycles. The lowest BCUT2D eigenvalue weighted by Gasteiger charge is -2.17. The van der Waals surface area contributed by atoms with Crippen molar-refractivity contribution < 1.29 is 9.84 Å². The van der Waals surface area contributed by atoms with E-state index in [2.05, 4.69) is 15.3 Å². The molecule has 0 radical (unpaired) electrons. The molecule has 0 amide bonds. The molecule has 31 heavy (non-hydrogen) atoms. The van der Waals surface area contributed by atoms with Gasteiger partial charge in [0.05, 0.1) is 35.5 Å². The zero-order valence-electron chi connectivity index (χ0n) is 17.4. The maximum atomic E-state index is 13.3. The molecule has 1 fully saturated rings. The van der Waals surface area contributed by atoms with E-state index in [-0.39, 0.29) is 17.1 Å². The van der Waals surface area contributed by atoms with Gasteiger partial charge in [-0.15, -0.1) is 0 Å². The van der Waals surface area contributed by atoms with Gasteiger partial charge < -0.3 is 15.2 Å². The lowest BCUT2D eigenvalue weighted by molar-refractivity contribution is 0.0660. The number of fused-ring (bicyclic) bond motifs is 1. The summed E-state index contributed by atoms with van der Waals surface area (Å²) in [6, 6.07) is 5.63. The minimum Gasteiger partial charge on any atom is -0.390 e. The third-order valence-corrected chi connectivity index (χ3v) is 5.81. The molecule has 0 saturated carbocycles. The highest BCUT2D eigenvalue weighted by molar-refractivity contribution is 6.33. The van der Waals surface area contributed by atoms with Crippen LogP contribution in [0.2, 0.25) is 10.3 Å². The Hall–Kier alpha value is -2.13. The van der Waals surface area contributed by atoms with Crippen molar-refractivity contribution >= 4 is 45.7 Å². The molecule has 2 aromatic heterocycles. The summed E-state index contributed by atoms with van der Waals surface area (Å²) < 4.78 is 9.20. The summed E-state index contributed by atoms with van der Waals surface area (Å²) in [5, 5.41) is 13.7. The predicted octanol–water partition coefficient (Wildman–Crippen LogP) is 3.98. The third kappa shape index (κ3) is 5.03. The maximum absolute atomic E-state index is 13.3. The molecule has 8 nitrogen and oxygen atoms in total. The smallest absolute Gasteiger partial charge is 0.329 e. The van der Waals surface area contributed by atoms with Crippen molar-refractivity contribution in [1.29, 1.82) is 0 Å². The first-order valence-corrected chi connectivity index (χ1v) is 11.0. The second-order valence-corrected chi connectivity index (χ2v) is 9.15. The third-order valence-electron chi connectivity index (χ3n) is 5.35. The highest BCUT2D eigenvalue weighted by Gasteiger charge is 2.22. The van der Waals surface area contributed by atoms with E-state index in [1.807, 2.05) is 18.2 Å². The Morgan fingerprint density at radius 2 is 2.10 bits per heavy atom. The predicted molar refractivity (Wildman–Crippen MR) is 121 cm³/mol. The Morgan fingerprint density at radius 3 is 2.81 bits per heavy atom. The van der Waals surface area contributed by atoms with Crippen LogP contribution in [0.5, 0.6) is 0 Å². The SMILES string of the molecule is CC(C)(O)CCn1c(=O)n(C[C@@H]2CCCO2)c2ccc(Nc3nc(Cl)ncc3Cl)cc21. The molecule has 1 aliphatic heterocycles. The molecule has 1 atom stereocenters. The Bertz CT molecular complexity index is 1150. The number of aryl methyl sites for hydroxylation is 1. The van der Waals surface area contributed by atoms with Crippen molar-refractivity contribution in [2.75, 3.05) is 11.9 Å². The van der Waals surface area contributed by atoms with Gasteiger partial charge in [-0.3, -0.25) is 9.13 Å². The van der Waals surface area contributed by atoms with Crippen LogP contribution >= 0.6 is 23.2 Å². The summed E-state index contributed by atoms with van der Waals surface area (Å²) in [4.78, 5) is 21.2. The second-order valence-electron chi connectivity index (χ2n) is 8.41. The molecule has 2 N–H and O–H groups in total. The van der Waals surface area contributed by atoms with Crippen molar-refractivity contribution in [3.63, 3.8) is 0 Å². The lowest BCUT2D eigenvalue weighted by atomic mass is 10.1. The van der Waals surface area contributed by atoms with Crippen molar-refractivity contribution in [2.24, 2.45) is 0 Å². The first-order chi connectivity index (χ1) is 14.7. The number of hydrogen-bond acceptors (Lipinski definition) is 6. The van der Waals surface area contributed by atoms with Crippen LogP contribution in [0.15, 0.2) is 29.2 Å². The molecule has 0 bridgehead atoms. The zero-order chi connectivity index (χ0) is 22.2. The Kier molecular flexibility index (Phi) is 6.25. The number of anilines is 2. The van der Waals surface area contributed by atoms with Gasteiger partial charge in [0.2, 0.25) is 5.28 Å². The topological polar surface area (TPSA) is 94.2 Å². The standard InChI is InChI=1S/C21H25Cl2N5O3/c1-21(2,30)7-8-27-17-10-13(25-18-15(22)11-24-19(23)26-18)5-6-16(17)28(20(27)29)12-14-4-3-9-31-14/h5-6,10-11,14,30H,3-4,7-9,12H2,1-2H3,(H,24,25,26)/t14-/m0/s1. The molecule has 1 aromatic carbocycles. The van der Waals surface area contributed by atoms with Gasteiger partial charge in [-0.05, 0) is 62.9 Å². The number of aromatic nitrogens is 4. The van der Waals surface area contributed by atoms with E-state index >= 15 is 0 Å². The quantitative estimate of drug-likeness (QED) is 0.512. The highest BCUT2D eigenvalue weighted by atomic mass is 35.5. The van der Waals surface area contributed by atoms with E-state index < -0.39 is 5.60 Å². The molecule has 4 rings (SSSR count). The van der Waals surface area contributed by atoms with E-state index in [1.54, 1.807) is 23.0 Å². The molecule has 166 valence electrons. The van der Waals surface area contributed by atoms with Crippen molar-refractivity contribution in [1.82, 2.24) is 19.1 Å². The Morgan fingerprint density at radius 1 is 1.29 bits per heavy atom. The average molecular weight is 466 g/mol. The van der Waals surface area contributed by atoms with Gasteiger partial charge >= 0.3 is 5.69 Å². The van der Waals surface area contributed by atoms with Crippen LogP contribution in [0.1, 0.15) is 33.1 Å². The Labute approximate surface area is 189 Å². The van der Waals surface area contributed by atoms with Crippen LogP contribution < -0.4 is 11.0 Å². The number of benzene rings is 1. The summed E-state index contributed by atoms with van der Waals surface area (Å²) in [6.07, 6.45) is 3.85. The summed E-state index contributed by atoms with van der Waals surface area (Å²) >= 11 is 12.1. The summed E-state index contributed by atoms with van der Waals surface area (Å²) in [7, 11) is 0. The number of rotatable bonds is 7. The molecule has 0 spiro atoms. The molecule has 10 heteroatoms. The molecule has 0 aliphatic carbocycles. The van der Waals surface area contributed by atoms with Crippen LogP contribution in [-0.2, 0) is 17.8 Å². The molecule has 0 unspecified atom stereocenters.